The van der Waals surface area contributed by atoms with Crippen LogP contribution in [-0.4, -0.2) is 37.0 Å². The maximum absolute atomic E-state index is 11.6. The van der Waals surface area contributed by atoms with Gasteiger partial charge in [0.25, 0.3) is 5.56 Å². The molecule has 0 amide bonds. The van der Waals surface area contributed by atoms with Gasteiger partial charge in [-0.05, 0) is 25.8 Å². The Morgan fingerprint density at radius 3 is 2.89 bits per heavy atom. The van der Waals surface area contributed by atoms with E-state index >= 15 is 0 Å². The number of nitrogens with one attached hydrogen (secondary N) is 1. The van der Waals surface area contributed by atoms with Crippen LogP contribution in [0.1, 0.15) is 19.8 Å². The molecule has 106 valence electrons. The fourth-order valence-corrected chi connectivity index (χ4v) is 2.27. The first-order valence-electron chi connectivity index (χ1n) is 6.80. The first-order chi connectivity index (χ1) is 9.22. The Hall–Kier alpha value is -1.33. The van der Waals surface area contributed by atoms with Crippen molar-refractivity contribution >= 4 is 5.69 Å². The molecule has 0 aliphatic heterocycles. The number of aromatic nitrogens is 1. The number of hydrogen-bond donors (Lipinski definition) is 1. The highest BCUT2D eigenvalue weighted by Crippen LogP contribution is 2.26. The molecule has 0 unspecified atom stereocenters. The third kappa shape index (κ3) is 3.81. The van der Waals surface area contributed by atoms with Gasteiger partial charge in [0, 0.05) is 38.6 Å². The van der Waals surface area contributed by atoms with Crippen LogP contribution >= 0.6 is 0 Å². The van der Waals surface area contributed by atoms with Crippen LogP contribution in [0.5, 0.6) is 0 Å². The number of anilines is 1. The lowest BCUT2D eigenvalue weighted by atomic mass is 9.89. The van der Waals surface area contributed by atoms with Gasteiger partial charge < -0.3 is 19.4 Å². The van der Waals surface area contributed by atoms with Crippen molar-refractivity contribution in [2.24, 2.45) is 0 Å². The van der Waals surface area contributed by atoms with Crippen LogP contribution in [0.3, 0.4) is 0 Å². The zero-order chi connectivity index (χ0) is 13.7. The van der Waals surface area contributed by atoms with Gasteiger partial charge in [-0.25, -0.2) is 0 Å². The van der Waals surface area contributed by atoms with E-state index in [0.29, 0.717) is 25.3 Å². The van der Waals surface area contributed by atoms with Gasteiger partial charge in [-0.15, -0.1) is 0 Å². The summed E-state index contributed by atoms with van der Waals surface area (Å²) in [5.41, 5.74) is 0.985. The minimum absolute atomic E-state index is 0.00315. The molecule has 1 aliphatic carbocycles. The highest BCUT2D eigenvalue weighted by molar-refractivity contribution is 5.42. The molecular weight excluding hydrogens is 244 g/mol. The van der Waals surface area contributed by atoms with Gasteiger partial charge in [-0.2, -0.15) is 0 Å². The van der Waals surface area contributed by atoms with Crippen LogP contribution in [-0.2, 0) is 16.0 Å². The molecule has 0 atom stereocenters. The van der Waals surface area contributed by atoms with Crippen molar-refractivity contribution < 1.29 is 9.47 Å². The summed E-state index contributed by atoms with van der Waals surface area (Å²) in [5.74, 6) is 0. The van der Waals surface area contributed by atoms with Gasteiger partial charge in [0.05, 0.1) is 18.4 Å². The summed E-state index contributed by atoms with van der Waals surface area (Å²) >= 11 is 0. The number of pyridine rings is 1. The maximum Gasteiger partial charge on any atom is 0.250 e. The van der Waals surface area contributed by atoms with Crippen molar-refractivity contribution in [2.45, 2.75) is 38.5 Å². The average molecular weight is 266 g/mol. The fourth-order valence-electron chi connectivity index (χ4n) is 2.27. The quantitative estimate of drug-likeness (QED) is 0.812. The number of methoxy groups -OCH3 is 1. The topological polar surface area (TPSA) is 52.5 Å². The lowest BCUT2D eigenvalue weighted by Crippen LogP contribution is -2.41. The van der Waals surface area contributed by atoms with Gasteiger partial charge in [0.15, 0.2) is 0 Å². The summed E-state index contributed by atoms with van der Waals surface area (Å²) in [6, 6.07) is 3.88. The zero-order valence-corrected chi connectivity index (χ0v) is 11.6. The van der Waals surface area contributed by atoms with Crippen molar-refractivity contribution in [1.29, 1.82) is 0 Å². The van der Waals surface area contributed by atoms with E-state index in [1.165, 1.54) is 0 Å². The van der Waals surface area contributed by atoms with E-state index in [2.05, 4.69) is 5.32 Å². The van der Waals surface area contributed by atoms with Crippen LogP contribution in [0.2, 0.25) is 0 Å². The molecule has 0 saturated heterocycles. The minimum atomic E-state index is 0.00315. The summed E-state index contributed by atoms with van der Waals surface area (Å²) in [6.45, 7) is 3.92. The van der Waals surface area contributed by atoms with E-state index < -0.39 is 0 Å². The lowest BCUT2D eigenvalue weighted by Gasteiger charge is -2.36. The van der Waals surface area contributed by atoms with Crippen molar-refractivity contribution in [2.75, 3.05) is 25.6 Å². The van der Waals surface area contributed by atoms with Crippen molar-refractivity contribution in [3.05, 3.63) is 28.7 Å². The highest BCUT2D eigenvalue weighted by atomic mass is 16.5. The van der Waals surface area contributed by atoms with Crippen molar-refractivity contribution in [3.8, 4) is 0 Å². The molecular formula is C14H22N2O3. The molecule has 19 heavy (non-hydrogen) atoms. The first kappa shape index (κ1) is 14.1. The van der Waals surface area contributed by atoms with E-state index in [1.54, 1.807) is 17.7 Å². The van der Waals surface area contributed by atoms with Gasteiger partial charge in [-0.1, -0.05) is 0 Å². The number of ether oxygens (including phenoxy) is 2. The van der Waals surface area contributed by atoms with Crippen LogP contribution < -0.4 is 10.9 Å². The molecule has 0 aromatic carbocycles. The lowest BCUT2D eigenvalue weighted by molar-refractivity contribution is 0.00298. The van der Waals surface area contributed by atoms with Gasteiger partial charge in [0.1, 0.15) is 0 Å². The zero-order valence-electron chi connectivity index (χ0n) is 11.6. The SMILES string of the molecule is CCOC1CC(Nc2ccc(=O)n(CCOC)c2)C1. The number of nitrogens with zero attached hydrogens (tertiary/aromatic N) is 1. The predicted octanol–water partition coefficient (Wildman–Crippen LogP) is 1.47. The third-order valence-corrected chi connectivity index (χ3v) is 3.39. The maximum atomic E-state index is 11.6. The molecule has 5 nitrogen and oxygen atoms in total. The predicted molar refractivity (Wildman–Crippen MR) is 74.6 cm³/mol. The van der Waals surface area contributed by atoms with Gasteiger partial charge in [0.2, 0.25) is 0 Å². The molecule has 1 heterocycles. The molecule has 1 aromatic heterocycles. The molecule has 5 heteroatoms. The summed E-state index contributed by atoms with van der Waals surface area (Å²) in [5, 5.41) is 3.43. The second-order valence-corrected chi connectivity index (χ2v) is 4.83. The Labute approximate surface area is 113 Å². The minimum Gasteiger partial charge on any atom is -0.383 e. The van der Waals surface area contributed by atoms with Crippen LogP contribution in [0.25, 0.3) is 0 Å². The molecule has 0 radical (unpaired) electrons. The Bertz CT molecular complexity index is 452. The number of hydrogen-bond acceptors (Lipinski definition) is 4. The van der Waals surface area contributed by atoms with Crippen molar-refractivity contribution in [3.63, 3.8) is 0 Å². The summed E-state index contributed by atoms with van der Waals surface area (Å²) < 4.78 is 12.2. The van der Waals surface area contributed by atoms with Gasteiger partial charge in [-0.3, -0.25) is 4.79 Å². The normalized spacial score (nSPS) is 22.0. The first-order valence-corrected chi connectivity index (χ1v) is 6.80. The number of rotatable bonds is 7. The average Bonchev–Trinajstić information content (AvgIpc) is 2.36. The molecule has 1 N–H and O–H groups in total. The van der Waals surface area contributed by atoms with Crippen molar-refractivity contribution in [1.82, 2.24) is 4.57 Å². The van der Waals surface area contributed by atoms with E-state index in [-0.39, 0.29) is 5.56 Å². The van der Waals surface area contributed by atoms with Gasteiger partial charge >= 0.3 is 0 Å². The highest BCUT2D eigenvalue weighted by Gasteiger charge is 2.29. The van der Waals surface area contributed by atoms with Crippen LogP contribution in [0, 0.1) is 0 Å². The molecule has 0 bridgehead atoms. The van der Waals surface area contributed by atoms with E-state index in [1.807, 2.05) is 19.2 Å². The Balaban J connectivity index is 1.89. The van der Waals surface area contributed by atoms with Crippen LogP contribution in [0.15, 0.2) is 23.1 Å². The van der Waals surface area contributed by atoms with E-state index in [9.17, 15) is 4.79 Å². The Kier molecular flexibility index (Phi) is 4.99. The summed E-state index contributed by atoms with van der Waals surface area (Å²) in [4.78, 5) is 11.6. The van der Waals surface area contributed by atoms with E-state index in [0.717, 1.165) is 25.1 Å². The largest absolute Gasteiger partial charge is 0.383 e. The smallest absolute Gasteiger partial charge is 0.250 e. The fraction of sp³-hybridized carbons (Fsp3) is 0.643. The molecule has 1 saturated carbocycles. The Morgan fingerprint density at radius 1 is 1.42 bits per heavy atom. The molecule has 1 aliphatic rings. The monoisotopic (exact) mass is 266 g/mol. The van der Waals surface area contributed by atoms with Crippen LogP contribution in [0.4, 0.5) is 5.69 Å². The Morgan fingerprint density at radius 2 is 2.21 bits per heavy atom. The molecule has 1 fully saturated rings. The summed E-state index contributed by atoms with van der Waals surface area (Å²) in [6.07, 6.45) is 4.31. The standard InChI is InChI=1S/C14H22N2O3/c1-3-19-13-8-12(9-13)15-11-4-5-14(17)16(10-11)6-7-18-2/h4-5,10,12-13,15H,3,6-9H2,1-2H3. The van der Waals surface area contributed by atoms with E-state index in [4.69, 9.17) is 9.47 Å². The second-order valence-electron chi connectivity index (χ2n) is 4.83. The molecule has 1 aromatic rings. The third-order valence-electron chi connectivity index (χ3n) is 3.39. The molecule has 0 spiro atoms. The summed E-state index contributed by atoms with van der Waals surface area (Å²) in [7, 11) is 1.63. The second kappa shape index (κ2) is 6.73. The molecule has 2 rings (SSSR count).